The minimum absolute atomic E-state index is 0.0238. The number of benzene rings is 1. The summed E-state index contributed by atoms with van der Waals surface area (Å²) in [5.41, 5.74) is 3.39. The lowest BCUT2D eigenvalue weighted by Gasteiger charge is -2.21. The molecule has 0 spiro atoms. The standard InChI is InChI=1S/C13H16F3NO3/c1-12(2,11(18)19)7-20-10-4-3-8(6-17)5-9(10)13(14,15)16/h3-5H,6-7,17H2,1-2H3,(H,18,19). The summed E-state index contributed by atoms with van der Waals surface area (Å²) >= 11 is 0. The van der Waals surface area contributed by atoms with Crippen LogP contribution in [-0.4, -0.2) is 17.7 Å². The van der Waals surface area contributed by atoms with E-state index in [1.807, 2.05) is 0 Å². The van der Waals surface area contributed by atoms with Crippen molar-refractivity contribution in [1.82, 2.24) is 0 Å². The fourth-order valence-corrected chi connectivity index (χ4v) is 1.37. The zero-order valence-corrected chi connectivity index (χ0v) is 11.1. The summed E-state index contributed by atoms with van der Waals surface area (Å²) in [5.74, 6) is -1.55. The molecule has 0 bridgehead atoms. The van der Waals surface area contributed by atoms with Crippen molar-refractivity contribution in [1.29, 1.82) is 0 Å². The van der Waals surface area contributed by atoms with Crippen molar-refractivity contribution in [3.63, 3.8) is 0 Å². The van der Waals surface area contributed by atoms with Crippen molar-refractivity contribution >= 4 is 5.97 Å². The molecule has 4 nitrogen and oxygen atoms in total. The van der Waals surface area contributed by atoms with Crippen LogP contribution >= 0.6 is 0 Å². The van der Waals surface area contributed by atoms with Gasteiger partial charge >= 0.3 is 12.1 Å². The number of alkyl halides is 3. The van der Waals surface area contributed by atoms with Gasteiger partial charge in [0.15, 0.2) is 0 Å². The van der Waals surface area contributed by atoms with Gasteiger partial charge in [0.2, 0.25) is 0 Å². The van der Waals surface area contributed by atoms with Crippen LogP contribution in [0.15, 0.2) is 18.2 Å². The number of halogens is 3. The number of carboxylic acid groups (broad SMARTS) is 1. The Morgan fingerprint density at radius 3 is 2.40 bits per heavy atom. The number of hydrogen-bond donors (Lipinski definition) is 2. The number of carboxylic acids is 1. The largest absolute Gasteiger partial charge is 0.492 e. The van der Waals surface area contributed by atoms with E-state index in [-0.39, 0.29) is 13.2 Å². The van der Waals surface area contributed by atoms with Gasteiger partial charge in [-0.2, -0.15) is 13.2 Å². The lowest BCUT2D eigenvalue weighted by Crippen LogP contribution is -2.31. The van der Waals surface area contributed by atoms with Crippen molar-refractivity contribution in [2.45, 2.75) is 26.6 Å². The Bertz CT molecular complexity index is 498. The summed E-state index contributed by atoms with van der Waals surface area (Å²) in [5, 5.41) is 8.91. The molecule has 0 aliphatic rings. The van der Waals surface area contributed by atoms with E-state index in [2.05, 4.69) is 0 Å². The number of nitrogens with two attached hydrogens (primary N) is 1. The van der Waals surface area contributed by atoms with Gasteiger partial charge in [0.25, 0.3) is 0 Å². The molecule has 0 aliphatic heterocycles. The number of rotatable bonds is 5. The summed E-state index contributed by atoms with van der Waals surface area (Å²) in [7, 11) is 0. The zero-order valence-electron chi connectivity index (χ0n) is 11.1. The maximum Gasteiger partial charge on any atom is 0.419 e. The second-order valence-electron chi connectivity index (χ2n) is 5.01. The van der Waals surface area contributed by atoms with E-state index in [9.17, 15) is 18.0 Å². The van der Waals surface area contributed by atoms with Gasteiger partial charge in [0.1, 0.15) is 12.4 Å². The molecule has 0 aromatic heterocycles. The predicted octanol–water partition coefficient (Wildman–Crippen LogP) is 2.65. The molecular formula is C13H16F3NO3. The van der Waals surface area contributed by atoms with E-state index in [1.54, 1.807) is 0 Å². The maximum atomic E-state index is 12.9. The highest BCUT2D eigenvalue weighted by Gasteiger charge is 2.36. The van der Waals surface area contributed by atoms with E-state index in [0.29, 0.717) is 5.56 Å². The average molecular weight is 291 g/mol. The molecule has 0 heterocycles. The Kier molecular flexibility index (Phi) is 4.65. The molecule has 0 radical (unpaired) electrons. The van der Waals surface area contributed by atoms with Crippen LogP contribution < -0.4 is 10.5 Å². The molecular weight excluding hydrogens is 275 g/mol. The molecule has 0 aliphatic carbocycles. The molecule has 0 saturated heterocycles. The highest BCUT2D eigenvalue weighted by Crippen LogP contribution is 2.37. The lowest BCUT2D eigenvalue weighted by molar-refractivity contribution is -0.148. The number of hydrogen-bond acceptors (Lipinski definition) is 3. The van der Waals surface area contributed by atoms with Gasteiger partial charge < -0.3 is 15.6 Å². The third kappa shape index (κ3) is 3.86. The monoisotopic (exact) mass is 291 g/mol. The molecule has 3 N–H and O–H groups in total. The second-order valence-corrected chi connectivity index (χ2v) is 5.01. The first-order valence-electron chi connectivity index (χ1n) is 5.84. The third-order valence-corrected chi connectivity index (χ3v) is 2.75. The molecule has 20 heavy (non-hydrogen) atoms. The summed E-state index contributed by atoms with van der Waals surface area (Å²) in [6.45, 7) is 2.35. The van der Waals surface area contributed by atoms with Gasteiger partial charge in [-0.1, -0.05) is 6.07 Å². The molecule has 1 aromatic carbocycles. The first-order valence-corrected chi connectivity index (χ1v) is 5.84. The Morgan fingerprint density at radius 2 is 1.95 bits per heavy atom. The van der Waals surface area contributed by atoms with Gasteiger partial charge in [-0.25, -0.2) is 0 Å². The summed E-state index contributed by atoms with van der Waals surface area (Å²) in [6.07, 6.45) is -4.59. The number of carbonyl (C=O) groups is 1. The van der Waals surface area contributed by atoms with E-state index in [1.165, 1.54) is 19.9 Å². The fourth-order valence-electron chi connectivity index (χ4n) is 1.37. The van der Waals surface area contributed by atoms with Crippen molar-refractivity contribution < 1.29 is 27.8 Å². The van der Waals surface area contributed by atoms with Gasteiger partial charge in [0, 0.05) is 6.54 Å². The lowest BCUT2D eigenvalue weighted by atomic mass is 9.95. The number of ether oxygens (including phenoxy) is 1. The van der Waals surface area contributed by atoms with Crippen LogP contribution in [-0.2, 0) is 17.5 Å². The molecule has 7 heteroatoms. The molecule has 0 atom stereocenters. The van der Waals surface area contributed by atoms with Crippen LogP contribution in [0.5, 0.6) is 5.75 Å². The van der Waals surface area contributed by atoms with Crippen LogP contribution in [0, 0.1) is 5.41 Å². The topological polar surface area (TPSA) is 72.5 Å². The smallest absolute Gasteiger partial charge is 0.419 e. The molecule has 112 valence electrons. The molecule has 0 saturated carbocycles. The van der Waals surface area contributed by atoms with Crippen molar-refractivity contribution in [3.05, 3.63) is 29.3 Å². The summed E-state index contributed by atoms with van der Waals surface area (Å²) < 4.78 is 43.8. The molecule has 0 fully saturated rings. The SMILES string of the molecule is CC(C)(COc1ccc(CN)cc1C(F)(F)F)C(=O)O. The summed E-state index contributed by atoms with van der Waals surface area (Å²) in [4.78, 5) is 10.9. The zero-order chi connectivity index (χ0) is 15.6. The van der Waals surface area contributed by atoms with Gasteiger partial charge in [-0.05, 0) is 31.5 Å². The highest BCUT2D eigenvalue weighted by atomic mass is 19.4. The maximum absolute atomic E-state index is 12.9. The summed E-state index contributed by atoms with van der Waals surface area (Å²) in [6, 6.07) is 3.48. The number of aliphatic carboxylic acids is 1. The average Bonchev–Trinajstić information content (AvgIpc) is 2.35. The van der Waals surface area contributed by atoms with E-state index < -0.39 is 28.9 Å². The fraction of sp³-hybridized carbons (Fsp3) is 0.462. The quantitative estimate of drug-likeness (QED) is 0.874. The van der Waals surface area contributed by atoms with Crippen LogP contribution in [0.4, 0.5) is 13.2 Å². The Morgan fingerprint density at radius 1 is 1.35 bits per heavy atom. The van der Waals surface area contributed by atoms with Gasteiger partial charge in [0.05, 0.1) is 11.0 Å². The van der Waals surface area contributed by atoms with E-state index in [0.717, 1.165) is 12.1 Å². The Balaban J connectivity index is 3.04. The minimum Gasteiger partial charge on any atom is -0.492 e. The highest BCUT2D eigenvalue weighted by molar-refractivity contribution is 5.73. The third-order valence-electron chi connectivity index (χ3n) is 2.75. The first-order chi connectivity index (χ1) is 9.08. The van der Waals surface area contributed by atoms with Gasteiger partial charge in [-0.3, -0.25) is 4.79 Å². The van der Waals surface area contributed by atoms with Crippen LogP contribution in [0.3, 0.4) is 0 Å². The van der Waals surface area contributed by atoms with Crippen molar-refractivity contribution in [3.8, 4) is 5.75 Å². The Hall–Kier alpha value is -1.76. The van der Waals surface area contributed by atoms with Gasteiger partial charge in [-0.15, -0.1) is 0 Å². The Labute approximate surface area is 114 Å². The first kappa shape index (κ1) is 16.3. The van der Waals surface area contributed by atoms with E-state index >= 15 is 0 Å². The van der Waals surface area contributed by atoms with E-state index in [4.69, 9.17) is 15.6 Å². The van der Waals surface area contributed by atoms with Crippen molar-refractivity contribution in [2.75, 3.05) is 6.61 Å². The second kappa shape index (κ2) is 5.70. The van der Waals surface area contributed by atoms with Crippen LogP contribution in [0.25, 0.3) is 0 Å². The molecule has 0 unspecified atom stereocenters. The molecule has 0 amide bonds. The van der Waals surface area contributed by atoms with Crippen LogP contribution in [0.2, 0.25) is 0 Å². The minimum atomic E-state index is -4.59. The molecule has 1 rings (SSSR count). The normalized spacial score (nSPS) is 12.3. The molecule has 1 aromatic rings. The predicted molar refractivity (Wildman–Crippen MR) is 66.2 cm³/mol. The van der Waals surface area contributed by atoms with Crippen molar-refractivity contribution in [2.24, 2.45) is 11.1 Å². The van der Waals surface area contributed by atoms with Crippen LogP contribution in [0.1, 0.15) is 25.0 Å².